The fourth-order valence-electron chi connectivity index (χ4n) is 2.33. The second kappa shape index (κ2) is 6.01. The number of rotatable bonds is 5. The van der Waals surface area contributed by atoms with Crippen LogP contribution in [0.25, 0.3) is 0 Å². The summed E-state index contributed by atoms with van der Waals surface area (Å²) in [6.45, 7) is 7.56. The highest BCUT2D eigenvalue weighted by atomic mass is 16.5. The Balaban J connectivity index is 1.81. The molecule has 0 amide bonds. The molecule has 1 heterocycles. The fourth-order valence-corrected chi connectivity index (χ4v) is 2.33. The monoisotopic (exact) mass is 247 g/mol. The highest BCUT2D eigenvalue weighted by Crippen LogP contribution is 2.18. The van der Waals surface area contributed by atoms with E-state index in [1.165, 1.54) is 19.5 Å². The molecule has 1 aliphatic heterocycles. The first-order valence-electron chi connectivity index (χ1n) is 6.61. The summed E-state index contributed by atoms with van der Waals surface area (Å²) in [6, 6.07) is 7.71. The quantitative estimate of drug-likeness (QED) is 0.749. The number of nitrogens with zero attached hydrogens (tertiary/aromatic N) is 1. The molecule has 0 bridgehead atoms. The number of aldehydes is 1. The highest BCUT2D eigenvalue weighted by molar-refractivity contribution is 5.74. The smallest absolute Gasteiger partial charge is 0.150 e. The lowest BCUT2D eigenvalue weighted by Crippen LogP contribution is -2.35. The minimum Gasteiger partial charge on any atom is -0.492 e. The van der Waals surface area contributed by atoms with Crippen molar-refractivity contribution in [2.45, 2.75) is 26.3 Å². The average Bonchev–Trinajstić information content (AvgIpc) is 2.83. The summed E-state index contributed by atoms with van der Waals surface area (Å²) in [5.41, 5.74) is 0.684. The minimum absolute atomic E-state index is 0.445. The Labute approximate surface area is 109 Å². The Morgan fingerprint density at radius 3 is 2.72 bits per heavy atom. The summed E-state index contributed by atoms with van der Waals surface area (Å²) in [7, 11) is 0. The third-order valence-corrected chi connectivity index (χ3v) is 3.59. The minimum atomic E-state index is 0.445. The van der Waals surface area contributed by atoms with E-state index in [-0.39, 0.29) is 0 Å². The standard InChI is InChI=1S/C15H21NO2/c1-12-7-8-16(9-12)13(2)11-18-15-5-3-14(10-17)4-6-15/h3-6,10,12-13H,7-9,11H2,1-2H3/t12-,13+/m1/s1. The molecule has 2 atom stereocenters. The van der Waals surface area contributed by atoms with Crippen molar-refractivity contribution >= 4 is 6.29 Å². The normalized spacial score (nSPS) is 21.8. The molecule has 2 rings (SSSR count). The SMILES string of the molecule is C[C@@H]1CCN([C@@H](C)COc2ccc(C=O)cc2)C1. The first-order chi connectivity index (χ1) is 8.69. The van der Waals surface area contributed by atoms with Crippen molar-refractivity contribution in [2.24, 2.45) is 5.92 Å². The molecule has 0 aromatic heterocycles. The van der Waals surface area contributed by atoms with E-state index >= 15 is 0 Å². The third kappa shape index (κ3) is 3.33. The molecular formula is C15H21NO2. The number of hydrogen-bond acceptors (Lipinski definition) is 3. The van der Waals surface area contributed by atoms with E-state index in [0.29, 0.717) is 18.2 Å². The summed E-state index contributed by atoms with van der Waals surface area (Å²) in [5.74, 6) is 1.64. The Morgan fingerprint density at radius 2 is 2.17 bits per heavy atom. The number of benzene rings is 1. The summed E-state index contributed by atoms with van der Waals surface area (Å²) in [6.07, 6.45) is 2.14. The van der Waals surface area contributed by atoms with E-state index in [1.807, 2.05) is 12.1 Å². The second-order valence-corrected chi connectivity index (χ2v) is 5.24. The maximum atomic E-state index is 10.5. The Morgan fingerprint density at radius 1 is 1.44 bits per heavy atom. The molecular weight excluding hydrogens is 226 g/mol. The lowest BCUT2D eigenvalue weighted by molar-refractivity contribution is 0.112. The molecule has 0 saturated carbocycles. The van der Waals surface area contributed by atoms with Crippen LogP contribution < -0.4 is 4.74 Å². The van der Waals surface area contributed by atoms with E-state index in [1.54, 1.807) is 12.1 Å². The number of hydrogen-bond donors (Lipinski definition) is 0. The topological polar surface area (TPSA) is 29.5 Å². The van der Waals surface area contributed by atoms with E-state index in [9.17, 15) is 4.79 Å². The van der Waals surface area contributed by atoms with Crippen LogP contribution in [0, 0.1) is 5.92 Å². The van der Waals surface area contributed by atoms with Gasteiger partial charge >= 0.3 is 0 Å². The molecule has 1 saturated heterocycles. The van der Waals surface area contributed by atoms with Crippen molar-refractivity contribution < 1.29 is 9.53 Å². The van der Waals surface area contributed by atoms with Crippen molar-refractivity contribution in [1.29, 1.82) is 0 Å². The highest BCUT2D eigenvalue weighted by Gasteiger charge is 2.23. The fraction of sp³-hybridized carbons (Fsp3) is 0.533. The van der Waals surface area contributed by atoms with Crippen LogP contribution >= 0.6 is 0 Å². The maximum Gasteiger partial charge on any atom is 0.150 e. The van der Waals surface area contributed by atoms with E-state index in [0.717, 1.165) is 18.0 Å². The number of carbonyl (C=O) groups excluding carboxylic acids is 1. The summed E-state index contributed by atoms with van der Waals surface area (Å²) >= 11 is 0. The van der Waals surface area contributed by atoms with Crippen molar-refractivity contribution in [3.8, 4) is 5.75 Å². The summed E-state index contributed by atoms with van der Waals surface area (Å²) in [4.78, 5) is 13.0. The molecule has 3 heteroatoms. The molecule has 0 radical (unpaired) electrons. The van der Waals surface area contributed by atoms with E-state index in [4.69, 9.17) is 4.74 Å². The van der Waals surface area contributed by atoms with Gasteiger partial charge in [-0.1, -0.05) is 6.92 Å². The predicted molar refractivity (Wildman–Crippen MR) is 72.1 cm³/mol. The number of likely N-dealkylation sites (tertiary alicyclic amines) is 1. The van der Waals surface area contributed by atoms with Gasteiger partial charge in [0.2, 0.25) is 0 Å². The molecule has 0 unspecified atom stereocenters. The molecule has 98 valence electrons. The molecule has 0 N–H and O–H groups in total. The van der Waals surface area contributed by atoms with Gasteiger partial charge in [-0.3, -0.25) is 9.69 Å². The van der Waals surface area contributed by atoms with Gasteiger partial charge in [-0.05, 0) is 50.1 Å². The van der Waals surface area contributed by atoms with Crippen molar-refractivity contribution in [1.82, 2.24) is 4.90 Å². The second-order valence-electron chi connectivity index (χ2n) is 5.24. The molecule has 1 aromatic carbocycles. The van der Waals surface area contributed by atoms with Crippen LogP contribution in [0.1, 0.15) is 30.6 Å². The molecule has 0 aliphatic carbocycles. The molecule has 1 aliphatic rings. The van der Waals surface area contributed by atoms with Gasteiger partial charge in [0, 0.05) is 18.2 Å². The van der Waals surface area contributed by atoms with Crippen molar-refractivity contribution in [3.63, 3.8) is 0 Å². The Kier molecular flexibility index (Phi) is 4.37. The molecule has 18 heavy (non-hydrogen) atoms. The van der Waals surface area contributed by atoms with Crippen LogP contribution in [0.4, 0.5) is 0 Å². The van der Waals surface area contributed by atoms with Gasteiger partial charge in [-0.25, -0.2) is 0 Å². The van der Waals surface area contributed by atoms with Gasteiger partial charge in [0.25, 0.3) is 0 Å². The Bertz CT molecular complexity index is 388. The third-order valence-electron chi connectivity index (χ3n) is 3.59. The van der Waals surface area contributed by atoms with Gasteiger partial charge in [0.15, 0.2) is 0 Å². The van der Waals surface area contributed by atoms with Gasteiger partial charge in [0.05, 0.1) is 0 Å². The largest absolute Gasteiger partial charge is 0.492 e. The maximum absolute atomic E-state index is 10.5. The van der Waals surface area contributed by atoms with Gasteiger partial charge < -0.3 is 4.74 Å². The first kappa shape index (κ1) is 13.1. The van der Waals surface area contributed by atoms with Gasteiger partial charge in [-0.2, -0.15) is 0 Å². The van der Waals surface area contributed by atoms with Crippen LogP contribution in [0.15, 0.2) is 24.3 Å². The van der Waals surface area contributed by atoms with Crippen LogP contribution in [0.5, 0.6) is 5.75 Å². The van der Waals surface area contributed by atoms with E-state index in [2.05, 4.69) is 18.7 Å². The first-order valence-corrected chi connectivity index (χ1v) is 6.61. The molecule has 3 nitrogen and oxygen atoms in total. The molecule has 1 aromatic rings. The zero-order valence-corrected chi connectivity index (χ0v) is 11.1. The van der Waals surface area contributed by atoms with Gasteiger partial charge in [-0.15, -0.1) is 0 Å². The number of ether oxygens (including phenoxy) is 1. The number of carbonyl (C=O) groups is 1. The van der Waals surface area contributed by atoms with Crippen LogP contribution in [0.3, 0.4) is 0 Å². The van der Waals surface area contributed by atoms with Crippen LogP contribution in [-0.2, 0) is 0 Å². The average molecular weight is 247 g/mol. The zero-order chi connectivity index (χ0) is 13.0. The lowest BCUT2D eigenvalue weighted by atomic mass is 10.2. The van der Waals surface area contributed by atoms with Crippen LogP contribution in [0.2, 0.25) is 0 Å². The lowest BCUT2D eigenvalue weighted by Gasteiger charge is -2.24. The zero-order valence-electron chi connectivity index (χ0n) is 11.1. The molecule has 0 spiro atoms. The van der Waals surface area contributed by atoms with Crippen LogP contribution in [-0.4, -0.2) is 36.9 Å². The summed E-state index contributed by atoms with van der Waals surface area (Å²) < 4.78 is 5.76. The summed E-state index contributed by atoms with van der Waals surface area (Å²) in [5, 5.41) is 0. The molecule has 1 fully saturated rings. The van der Waals surface area contributed by atoms with Gasteiger partial charge in [0.1, 0.15) is 18.6 Å². The predicted octanol–water partition coefficient (Wildman–Crippen LogP) is 2.61. The van der Waals surface area contributed by atoms with Crippen molar-refractivity contribution in [3.05, 3.63) is 29.8 Å². The Hall–Kier alpha value is -1.35. The van der Waals surface area contributed by atoms with Crippen molar-refractivity contribution in [2.75, 3.05) is 19.7 Å². The van der Waals surface area contributed by atoms with E-state index < -0.39 is 0 Å².